The van der Waals surface area contributed by atoms with Crippen LogP contribution in [0, 0.1) is 17.4 Å². The summed E-state index contributed by atoms with van der Waals surface area (Å²) in [7, 11) is 1.33. The van der Waals surface area contributed by atoms with Crippen LogP contribution in [0.4, 0.5) is 0 Å². The first-order valence-electron chi connectivity index (χ1n) is 7.60. The maximum absolute atomic E-state index is 12.5. The van der Waals surface area contributed by atoms with Crippen molar-refractivity contribution in [2.75, 3.05) is 7.11 Å². The third kappa shape index (κ3) is 5.06. The summed E-state index contributed by atoms with van der Waals surface area (Å²) in [5.74, 6) is -0.727. The number of hydrogen-bond donors (Lipinski definition) is 1. The van der Waals surface area contributed by atoms with E-state index in [1.54, 1.807) is 0 Å². The molecule has 0 radical (unpaired) electrons. The second-order valence-corrected chi connectivity index (χ2v) is 7.01. The van der Waals surface area contributed by atoms with E-state index < -0.39 is 12.0 Å². The van der Waals surface area contributed by atoms with Crippen LogP contribution in [0.1, 0.15) is 27.0 Å². The summed E-state index contributed by atoms with van der Waals surface area (Å²) in [6.07, 6.45) is 0.389. The summed E-state index contributed by atoms with van der Waals surface area (Å²) in [5, 5.41) is 2.79. The number of amides is 1. The van der Waals surface area contributed by atoms with Crippen molar-refractivity contribution in [3.05, 3.63) is 68.3 Å². The van der Waals surface area contributed by atoms with E-state index in [4.69, 9.17) is 4.74 Å². The highest BCUT2D eigenvalue weighted by Crippen LogP contribution is 2.12. The van der Waals surface area contributed by atoms with Crippen molar-refractivity contribution >= 4 is 34.5 Å². The Labute approximate surface area is 155 Å². The van der Waals surface area contributed by atoms with E-state index in [1.165, 1.54) is 7.11 Å². The lowest BCUT2D eigenvalue weighted by Gasteiger charge is -2.17. The van der Waals surface area contributed by atoms with Gasteiger partial charge in [0.15, 0.2) is 0 Å². The predicted octanol–water partition coefficient (Wildman–Crippen LogP) is 3.42. The van der Waals surface area contributed by atoms with E-state index in [0.29, 0.717) is 12.0 Å². The smallest absolute Gasteiger partial charge is 0.328 e. The molecule has 24 heavy (non-hydrogen) atoms. The minimum absolute atomic E-state index is 0.275. The molecule has 0 heterocycles. The molecule has 1 atom stereocenters. The zero-order valence-electron chi connectivity index (χ0n) is 13.9. The second-order valence-electron chi connectivity index (χ2n) is 5.76. The third-order valence-corrected chi connectivity index (χ3v) is 4.27. The lowest BCUT2D eigenvalue weighted by atomic mass is 10.0. The van der Waals surface area contributed by atoms with Gasteiger partial charge in [0, 0.05) is 15.6 Å². The fraction of sp³-hybridized carbons (Fsp3) is 0.263. The number of carbonyl (C=O) groups is 2. The quantitative estimate of drug-likeness (QED) is 0.576. The summed E-state index contributed by atoms with van der Waals surface area (Å²) >= 11 is 2.22. The van der Waals surface area contributed by atoms with Crippen molar-refractivity contribution in [1.29, 1.82) is 0 Å². The fourth-order valence-electron chi connectivity index (χ4n) is 2.58. The van der Waals surface area contributed by atoms with Gasteiger partial charge in [0.1, 0.15) is 6.04 Å². The molecule has 0 aromatic heterocycles. The molecular formula is C19H20INO3. The largest absolute Gasteiger partial charge is 0.467 e. The molecule has 4 nitrogen and oxygen atoms in total. The summed E-state index contributed by atoms with van der Waals surface area (Å²) < 4.78 is 5.92. The van der Waals surface area contributed by atoms with Crippen LogP contribution in [0.5, 0.6) is 0 Å². The summed E-state index contributed by atoms with van der Waals surface area (Å²) in [4.78, 5) is 24.6. The number of carbonyl (C=O) groups excluding carboxylic acids is 2. The zero-order valence-corrected chi connectivity index (χ0v) is 16.1. The van der Waals surface area contributed by atoms with E-state index in [1.807, 2.05) is 56.3 Å². The Morgan fingerprint density at radius 1 is 1.12 bits per heavy atom. The van der Waals surface area contributed by atoms with Crippen LogP contribution in [0.2, 0.25) is 0 Å². The van der Waals surface area contributed by atoms with Gasteiger partial charge >= 0.3 is 5.97 Å². The van der Waals surface area contributed by atoms with Gasteiger partial charge in [-0.25, -0.2) is 4.79 Å². The van der Waals surface area contributed by atoms with E-state index in [-0.39, 0.29) is 5.91 Å². The molecule has 1 N–H and O–H groups in total. The highest BCUT2D eigenvalue weighted by atomic mass is 127. The van der Waals surface area contributed by atoms with Crippen molar-refractivity contribution < 1.29 is 14.3 Å². The van der Waals surface area contributed by atoms with Crippen LogP contribution in [0.3, 0.4) is 0 Å². The third-order valence-electron chi connectivity index (χ3n) is 3.60. The molecule has 0 saturated heterocycles. The monoisotopic (exact) mass is 437 g/mol. The molecule has 0 unspecified atom stereocenters. The van der Waals surface area contributed by atoms with Gasteiger partial charge < -0.3 is 10.1 Å². The Bertz CT molecular complexity index is 738. The van der Waals surface area contributed by atoms with Crippen molar-refractivity contribution in [3.8, 4) is 0 Å². The normalized spacial score (nSPS) is 11.7. The van der Waals surface area contributed by atoms with E-state index in [2.05, 4.69) is 27.9 Å². The highest BCUT2D eigenvalue weighted by molar-refractivity contribution is 14.1. The molecule has 2 aromatic carbocycles. The maximum atomic E-state index is 12.5. The minimum Gasteiger partial charge on any atom is -0.467 e. The van der Waals surface area contributed by atoms with Gasteiger partial charge in [-0.3, -0.25) is 4.79 Å². The second kappa shape index (κ2) is 8.28. The van der Waals surface area contributed by atoms with Gasteiger partial charge in [0.25, 0.3) is 5.91 Å². The predicted molar refractivity (Wildman–Crippen MR) is 102 cm³/mol. The van der Waals surface area contributed by atoms with Crippen LogP contribution in [0.15, 0.2) is 42.5 Å². The van der Waals surface area contributed by atoms with Crippen molar-refractivity contribution in [2.45, 2.75) is 26.3 Å². The Morgan fingerprint density at radius 3 is 2.38 bits per heavy atom. The number of hydrogen-bond acceptors (Lipinski definition) is 3. The molecule has 0 fully saturated rings. The summed E-state index contributed by atoms with van der Waals surface area (Å²) in [6.45, 7) is 3.88. The average molecular weight is 437 g/mol. The summed E-state index contributed by atoms with van der Waals surface area (Å²) in [6, 6.07) is 12.7. The first-order chi connectivity index (χ1) is 11.4. The lowest BCUT2D eigenvalue weighted by molar-refractivity contribution is -0.142. The lowest BCUT2D eigenvalue weighted by Crippen LogP contribution is -2.43. The molecule has 0 bridgehead atoms. The Balaban J connectivity index is 2.19. The van der Waals surface area contributed by atoms with Crippen molar-refractivity contribution in [2.24, 2.45) is 0 Å². The van der Waals surface area contributed by atoms with E-state index >= 15 is 0 Å². The number of aryl methyl sites for hydroxylation is 2. The summed E-state index contributed by atoms with van der Waals surface area (Å²) in [5.41, 5.74) is 3.53. The SMILES string of the molecule is COC(=O)[C@@H](Cc1cccc(I)c1)NC(=O)c1cc(C)cc(C)c1. The van der Waals surface area contributed by atoms with Gasteiger partial charge in [0.2, 0.25) is 0 Å². The molecule has 1 amide bonds. The number of ether oxygens (including phenoxy) is 1. The van der Waals surface area contributed by atoms with Crippen LogP contribution in [-0.4, -0.2) is 25.0 Å². The van der Waals surface area contributed by atoms with Crippen LogP contribution in [0.25, 0.3) is 0 Å². The van der Waals surface area contributed by atoms with Gasteiger partial charge in [-0.2, -0.15) is 0 Å². The zero-order chi connectivity index (χ0) is 17.7. The molecule has 0 aliphatic carbocycles. The molecule has 0 aliphatic rings. The standard InChI is InChI=1S/C19H20INO3/c1-12-7-13(2)9-15(8-12)18(22)21-17(19(23)24-3)11-14-5-4-6-16(20)10-14/h4-10,17H,11H2,1-3H3,(H,21,22)/t17-/m1/s1. The Hall–Kier alpha value is -1.89. The van der Waals surface area contributed by atoms with Crippen LogP contribution >= 0.6 is 22.6 Å². The molecule has 0 aliphatic heterocycles. The minimum atomic E-state index is -0.721. The number of halogens is 1. The number of nitrogens with one attached hydrogen (secondary N) is 1. The van der Waals surface area contributed by atoms with Crippen LogP contribution < -0.4 is 5.32 Å². The molecule has 2 rings (SSSR count). The van der Waals surface area contributed by atoms with E-state index in [9.17, 15) is 9.59 Å². The van der Waals surface area contributed by atoms with Crippen molar-refractivity contribution in [3.63, 3.8) is 0 Å². The number of methoxy groups -OCH3 is 1. The maximum Gasteiger partial charge on any atom is 0.328 e. The van der Waals surface area contributed by atoms with Gasteiger partial charge in [-0.1, -0.05) is 29.3 Å². The number of rotatable bonds is 5. The molecule has 126 valence electrons. The molecule has 0 saturated carbocycles. The molecule has 0 spiro atoms. The highest BCUT2D eigenvalue weighted by Gasteiger charge is 2.23. The van der Waals surface area contributed by atoms with Gasteiger partial charge in [-0.05, 0) is 66.3 Å². The number of esters is 1. The Kier molecular flexibility index (Phi) is 6.36. The molecule has 5 heteroatoms. The van der Waals surface area contributed by atoms with Gasteiger partial charge in [0.05, 0.1) is 7.11 Å². The van der Waals surface area contributed by atoms with Crippen molar-refractivity contribution in [1.82, 2.24) is 5.32 Å². The first-order valence-corrected chi connectivity index (χ1v) is 8.68. The Morgan fingerprint density at radius 2 is 1.79 bits per heavy atom. The van der Waals surface area contributed by atoms with Gasteiger partial charge in [-0.15, -0.1) is 0 Å². The molecule has 2 aromatic rings. The van der Waals surface area contributed by atoms with Crippen LogP contribution in [-0.2, 0) is 16.0 Å². The fourth-order valence-corrected chi connectivity index (χ4v) is 3.19. The van der Waals surface area contributed by atoms with E-state index in [0.717, 1.165) is 20.3 Å². The number of benzene rings is 2. The first kappa shape index (κ1) is 18.4. The molecular weight excluding hydrogens is 417 g/mol. The topological polar surface area (TPSA) is 55.4 Å². The average Bonchev–Trinajstić information content (AvgIpc) is 2.52.